The zero-order valence-electron chi connectivity index (χ0n) is 26.2. The van der Waals surface area contributed by atoms with Crippen molar-refractivity contribution < 1.29 is 23.7 Å². The molecule has 0 unspecified atom stereocenters. The van der Waals surface area contributed by atoms with Crippen molar-refractivity contribution in [2.24, 2.45) is 0 Å². The summed E-state index contributed by atoms with van der Waals surface area (Å²) < 4.78 is 26.1. The van der Waals surface area contributed by atoms with Crippen LogP contribution >= 0.6 is 0 Å². The van der Waals surface area contributed by atoms with Gasteiger partial charge in [-0.1, -0.05) is 83.6 Å². The topological polar surface area (TPSA) is 54.0 Å². The van der Waals surface area contributed by atoms with E-state index in [1.807, 2.05) is 0 Å². The molecule has 0 fully saturated rings. The largest absolute Gasteiger partial charge is 0.486 e. The Kier molecular flexibility index (Phi) is 16.1. The quantitative estimate of drug-likeness (QED) is 0.157. The smallest absolute Gasteiger partial charge is 0.455 e. The number of hydrogen-bond donors (Lipinski definition) is 0. The van der Waals surface area contributed by atoms with Crippen LogP contribution in [0.3, 0.4) is 0 Å². The van der Waals surface area contributed by atoms with Crippen molar-refractivity contribution >= 4 is 5.97 Å². The summed E-state index contributed by atoms with van der Waals surface area (Å²) in [6.07, 6.45) is 33.6. The number of ether oxygens (including phenoxy) is 4. The molecule has 0 saturated carbocycles. The summed E-state index contributed by atoms with van der Waals surface area (Å²) in [5, 5.41) is 0. The highest BCUT2D eigenvalue weighted by atomic mass is 16.9. The molecule has 0 aromatic heterocycles. The van der Waals surface area contributed by atoms with Crippen LogP contribution in [0.15, 0.2) is 47.7 Å². The monoisotopic (exact) mass is 570 g/mol. The van der Waals surface area contributed by atoms with Crippen LogP contribution < -0.4 is 0 Å². The normalized spacial score (nSPS) is 25.0. The van der Waals surface area contributed by atoms with Gasteiger partial charge in [-0.05, 0) is 82.9 Å². The van der Waals surface area contributed by atoms with Crippen LogP contribution in [-0.2, 0) is 23.7 Å². The highest BCUT2D eigenvalue weighted by molar-refractivity contribution is 5.87. The van der Waals surface area contributed by atoms with Gasteiger partial charge < -0.3 is 18.9 Å². The third kappa shape index (κ3) is 14.0. The van der Waals surface area contributed by atoms with Gasteiger partial charge in [0, 0.05) is 24.8 Å². The number of esters is 1. The van der Waals surface area contributed by atoms with Crippen molar-refractivity contribution in [2.75, 3.05) is 6.61 Å². The second-order valence-electron chi connectivity index (χ2n) is 12.3. The van der Waals surface area contributed by atoms with Gasteiger partial charge in [-0.15, -0.1) is 0 Å². The number of hydrogen-bond acceptors (Lipinski definition) is 5. The second kappa shape index (κ2) is 19.9. The Morgan fingerprint density at radius 2 is 0.976 bits per heavy atom. The minimum Gasteiger partial charge on any atom is -0.486 e. The standard InChI is InChI=1S/C36H58O5/c1-31(2)35(37)41-36(39-33-26-20-14-8-4-9-15-21-27-33,40-34-28-22-16-10-5-11-17-23-29-34)30-38-32-24-18-12-6-3-7-13-19-25-32/h24,26,28H,1,3-23,25,27,29-30H2,2H3/b32-24+,33-26+,34-28+. The molecule has 232 valence electrons. The highest BCUT2D eigenvalue weighted by Gasteiger charge is 2.43. The lowest BCUT2D eigenvalue weighted by atomic mass is 10.0. The molecule has 5 heteroatoms. The van der Waals surface area contributed by atoms with Crippen LogP contribution in [0.25, 0.3) is 0 Å². The Morgan fingerprint density at radius 1 is 0.610 bits per heavy atom. The van der Waals surface area contributed by atoms with Gasteiger partial charge >= 0.3 is 11.9 Å². The molecule has 0 atom stereocenters. The van der Waals surface area contributed by atoms with Gasteiger partial charge in [0.05, 0.1) is 5.76 Å². The summed E-state index contributed by atoms with van der Waals surface area (Å²) >= 11 is 0. The Bertz CT molecular complexity index is 831. The lowest BCUT2D eigenvalue weighted by Crippen LogP contribution is -2.45. The van der Waals surface area contributed by atoms with E-state index in [0.29, 0.717) is 5.57 Å². The number of rotatable bonds is 9. The molecular weight excluding hydrogens is 512 g/mol. The molecule has 0 amide bonds. The average molecular weight is 571 g/mol. The highest BCUT2D eigenvalue weighted by Crippen LogP contribution is 2.32. The van der Waals surface area contributed by atoms with Gasteiger partial charge in [0.1, 0.15) is 11.5 Å². The van der Waals surface area contributed by atoms with Crippen LogP contribution in [0.4, 0.5) is 0 Å². The van der Waals surface area contributed by atoms with Crippen LogP contribution in [0.1, 0.15) is 161 Å². The van der Waals surface area contributed by atoms with Crippen LogP contribution in [-0.4, -0.2) is 18.5 Å². The van der Waals surface area contributed by atoms with E-state index < -0.39 is 11.9 Å². The molecule has 0 bridgehead atoms. The number of carbonyl (C=O) groups excluding carboxylic acids is 1. The molecule has 0 N–H and O–H groups in total. The van der Waals surface area contributed by atoms with Gasteiger partial charge in [-0.2, -0.15) is 0 Å². The molecule has 0 aliphatic heterocycles. The summed E-state index contributed by atoms with van der Waals surface area (Å²) in [5.41, 5.74) is 0.319. The summed E-state index contributed by atoms with van der Waals surface area (Å²) in [6, 6.07) is 0. The molecule has 0 aromatic rings. The van der Waals surface area contributed by atoms with E-state index >= 15 is 0 Å². The fourth-order valence-electron chi connectivity index (χ4n) is 5.82. The van der Waals surface area contributed by atoms with Gasteiger partial charge in [0.2, 0.25) is 6.61 Å². The van der Waals surface area contributed by atoms with E-state index in [9.17, 15) is 4.79 Å². The maximum absolute atomic E-state index is 13.1. The first-order valence-electron chi connectivity index (χ1n) is 17.0. The Balaban J connectivity index is 1.91. The van der Waals surface area contributed by atoms with Gasteiger partial charge in [-0.3, -0.25) is 0 Å². The fourth-order valence-corrected chi connectivity index (χ4v) is 5.82. The first-order chi connectivity index (χ1) is 20.1. The predicted molar refractivity (Wildman–Crippen MR) is 167 cm³/mol. The van der Waals surface area contributed by atoms with E-state index in [4.69, 9.17) is 18.9 Å². The predicted octanol–water partition coefficient (Wildman–Crippen LogP) is 10.9. The van der Waals surface area contributed by atoms with Gasteiger partial charge in [-0.25, -0.2) is 4.79 Å². The molecule has 3 aliphatic carbocycles. The molecule has 0 saturated heterocycles. The Labute approximate surface area is 250 Å². The van der Waals surface area contributed by atoms with E-state index in [1.54, 1.807) is 6.92 Å². The first-order valence-corrected chi connectivity index (χ1v) is 17.0. The molecule has 3 rings (SSSR count). The van der Waals surface area contributed by atoms with Crippen molar-refractivity contribution in [3.63, 3.8) is 0 Å². The molecular formula is C36H58O5. The van der Waals surface area contributed by atoms with Crippen molar-refractivity contribution in [2.45, 2.75) is 167 Å². The maximum atomic E-state index is 13.1. The van der Waals surface area contributed by atoms with Crippen molar-refractivity contribution in [1.29, 1.82) is 0 Å². The van der Waals surface area contributed by atoms with E-state index in [-0.39, 0.29) is 6.61 Å². The summed E-state index contributed by atoms with van der Waals surface area (Å²) in [6.45, 7) is 5.52. The zero-order valence-corrected chi connectivity index (χ0v) is 26.2. The summed E-state index contributed by atoms with van der Waals surface area (Å²) in [5.74, 6) is 0.415. The Hall–Kier alpha value is -2.17. The van der Waals surface area contributed by atoms with Crippen molar-refractivity contribution in [3.05, 3.63) is 47.7 Å². The maximum Gasteiger partial charge on any atom is 0.455 e. The number of allylic oxidation sites excluding steroid dienone is 6. The lowest BCUT2D eigenvalue weighted by molar-refractivity contribution is -0.348. The van der Waals surface area contributed by atoms with Crippen LogP contribution in [0, 0.1) is 0 Å². The van der Waals surface area contributed by atoms with Crippen molar-refractivity contribution in [1.82, 2.24) is 0 Å². The van der Waals surface area contributed by atoms with Gasteiger partial charge in [0.15, 0.2) is 0 Å². The van der Waals surface area contributed by atoms with Gasteiger partial charge in [0.25, 0.3) is 0 Å². The first kappa shape index (κ1) is 33.3. The van der Waals surface area contributed by atoms with Crippen LogP contribution in [0.2, 0.25) is 0 Å². The second-order valence-corrected chi connectivity index (χ2v) is 12.3. The summed E-state index contributed by atoms with van der Waals surface area (Å²) in [7, 11) is 0. The Morgan fingerprint density at radius 3 is 1.41 bits per heavy atom. The molecule has 3 aliphatic rings. The number of carbonyl (C=O) groups is 1. The third-order valence-electron chi connectivity index (χ3n) is 8.35. The van der Waals surface area contributed by atoms with E-state index in [1.165, 1.54) is 83.5 Å². The minimum atomic E-state index is -1.70. The summed E-state index contributed by atoms with van der Waals surface area (Å²) in [4.78, 5) is 13.1. The molecule has 0 aromatic carbocycles. The fraction of sp³-hybridized carbons (Fsp3) is 0.750. The van der Waals surface area contributed by atoms with E-state index in [2.05, 4.69) is 24.8 Å². The third-order valence-corrected chi connectivity index (χ3v) is 8.35. The van der Waals surface area contributed by atoms with E-state index in [0.717, 1.165) is 87.9 Å². The molecule has 41 heavy (non-hydrogen) atoms. The average Bonchev–Trinajstić information content (AvgIpc) is 2.97. The minimum absolute atomic E-state index is 0.00741. The molecule has 0 radical (unpaired) electrons. The lowest BCUT2D eigenvalue weighted by Gasteiger charge is -2.35. The van der Waals surface area contributed by atoms with Crippen molar-refractivity contribution in [3.8, 4) is 0 Å². The molecule has 0 spiro atoms. The molecule has 0 heterocycles. The zero-order chi connectivity index (χ0) is 29.0. The SMILES string of the molecule is C=C(C)C(=O)OC(CO/C1=C/CCCCCCCC1)(O/C1=C/CCCCCCCC1)O/C1=C/CCCCCCCC1. The molecule has 5 nitrogen and oxygen atoms in total. The van der Waals surface area contributed by atoms with Crippen LogP contribution in [0.5, 0.6) is 0 Å².